The first kappa shape index (κ1) is 34.8. The summed E-state index contributed by atoms with van der Waals surface area (Å²) in [6.45, 7) is 0. The maximum absolute atomic E-state index is 14.8. The van der Waals surface area contributed by atoms with E-state index in [2.05, 4.69) is 11.6 Å². The Morgan fingerprint density at radius 3 is 1.05 bits per heavy atom. The molecule has 19 heteroatoms. The van der Waals surface area contributed by atoms with E-state index in [1.807, 2.05) is 0 Å². The van der Waals surface area contributed by atoms with Crippen LogP contribution in [0.1, 0.15) is 64.2 Å². The van der Waals surface area contributed by atoms with Crippen LogP contribution in [0.25, 0.3) is 0 Å². The number of hydrogen-bond acceptors (Lipinski definition) is 1. The van der Waals surface area contributed by atoms with Crippen LogP contribution >= 0.6 is 11.6 Å². The molecule has 0 bridgehead atoms. The molecule has 0 aromatic rings. The fourth-order valence-electron chi connectivity index (χ4n) is 4.81. The topological polar surface area (TPSA) is 20.3 Å². The molecule has 0 heterocycles. The summed E-state index contributed by atoms with van der Waals surface area (Å²) < 4.78 is 222. The van der Waals surface area contributed by atoms with Crippen molar-refractivity contribution >= 4 is 17.5 Å². The average molecular weight is 644 g/mol. The minimum atomic E-state index is -8.58. The lowest BCUT2D eigenvalue weighted by Crippen LogP contribution is -2.75. The molecule has 2 rings (SSSR count). The smallest absolute Gasteiger partial charge is 0.331 e. The minimum absolute atomic E-state index is 0.0927. The van der Waals surface area contributed by atoms with Gasteiger partial charge < -0.3 is 4.90 Å². The lowest BCUT2D eigenvalue weighted by atomic mass is 9.86. The van der Waals surface area contributed by atoms with E-state index in [-0.39, 0.29) is 56.3 Å². The molecule has 2 aliphatic carbocycles. The van der Waals surface area contributed by atoms with Crippen molar-refractivity contribution < 1.29 is 75.0 Å². The van der Waals surface area contributed by atoms with Gasteiger partial charge in [-0.05, 0) is 37.3 Å². The van der Waals surface area contributed by atoms with Crippen LogP contribution in [0.3, 0.4) is 0 Å². The van der Waals surface area contributed by atoms with Gasteiger partial charge in [0.2, 0.25) is 0 Å². The number of alkyl halides is 17. The van der Waals surface area contributed by atoms with Crippen LogP contribution in [0.4, 0.5) is 70.2 Å². The zero-order chi connectivity index (χ0) is 31.4. The van der Waals surface area contributed by atoms with Crippen LogP contribution < -0.4 is 0 Å². The van der Waals surface area contributed by atoms with Gasteiger partial charge in [0.15, 0.2) is 0 Å². The molecule has 0 spiro atoms. The van der Waals surface area contributed by atoms with E-state index in [4.69, 9.17) is 0 Å². The summed E-state index contributed by atoms with van der Waals surface area (Å²) in [6, 6.07) is -2.56. The summed E-state index contributed by atoms with van der Waals surface area (Å²) in [4.78, 5) is 12.8. The van der Waals surface area contributed by atoms with Crippen LogP contribution in [-0.2, 0) is 4.79 Å². The van der Waals surface area contributed by atoms with Gasteiger partial charge in [-0.15, -0.1) is 0 Å². The van der Waals surface area contributed by atoms with Gasteiger partial charge in [-0.2, -0.15) is 70.2 Å². The molecule has 2 fully saturated rings. The number of carbonyl (C=O) groups excluding carboxylic acids is 1. The Kier molecular flexibility index (Phi) is 9.34. The summed E-state index contributed by atoms with van der Waals surface area (Å²) in [5, 5.41) is -6.84. The predicted octanol–water partition coefficient (Wildman–Crippen LogP) is 8.76. The maximum atomic E-state index is 14.8. The molecule has 0 N–H and O–H groups in total. The highest BCUT2D eigenvalue weighted by atomic mass is 35.5. The molecule has 2 nitrogen and oxygen atoms in total. The second kappa shape index (κ2) is 10.7. The van der Waals surface area contributed by atoms with Gasteiger partial charge in [-0.1, -0.05) is 38.5 Å². The van der Waals surface area contributed by atoms with Crippen molar-refractivity contribution in [1.29, 1.82) is 0 Å². The van der Waals surface area contributed by atoms with E-state index >= 15 is 0 Å². The maximum Gasteiger partial charge on any atom is 0.393 e. The normalized spacial score (nSPS) is 20.5. The largest absolute Gasteiger partial charge is 0.393 e. The summed E-state index contributed by atoms with van der Waals surface area (Å²) >= 11 is 3.52. The van der Waals surface area contributed by atoms with Crippen molar-refractivity contribution in [3.63, 3.8) is 0 Å². The monoisotopic (exact) mass is 643 g/mol. The summed E-state index contributed by atoms with van der Waals surface area (Å²) in [5.41, 5.74) is 0. The molecule has 0 aromatic carbocycles. The zero-order valence-electron chi connectivity index (χ0n) is 20.0. The first-order chi connectivity index (χ1) is 17.7. The lowest BCUT2D eigenvalue weighted by molar-refractivity contribution is -0.446. The Bertz CT molecular complexity index is 889. The molecule has 2 aliphatic rings. The standard InChI is InChI=1S/C21H22ClF16NO/c22-21(37,38)20(35,36)19(33,34)18(31,32)17(29,30)16(27,28)15(25,26)14(23,24)13(40)39(11-7-3-1-4-8-11)12-9-5-2-6-10-12/h11-12H,1-10H2. The van der Waals surface area contributed by atoms with E-state index in [0.717, 1.165) is 0 Å². The molecule has 0 radical (unpaired) electrons. The van der Waals surface area contributed by atoms with Crippen molar-refractivity contribution in [2.24, 2.45) is 0 Å². The average Bonchev–Trinajstić information content (AvgIpc) is 2.84. The van der Waals surface area contributed by atoms with Gasteiger partial charge in [0.1, 0.15) is 0 Å². The van der Waals surface area contributed by atoms with Crippen LogP contribution in [0.2, 0.25) is 0 Å². The molecular formula is C21H22ClF16NO. The van der Waals surface area contributed by atoms with E-state index < -0.39 is 64.8 Å². The van der Waals surface area contributed by atoms with E-state index in [0.29, 0.717) is 12.8 Å². The number of amides is 1. The summed E-state index contributed by atoms with van der Waals surface area (Å²) in [7, 11) is 0. The van der Waals surface area contributed by atoms with E-state index in [1.165, 1.54) is 0 Å². The SMILES string of the molecule is O=C(N(C1CCCCC1)C1CCCCC1)C(F)(F)C(F)(F)C(F)(F)C(F)(F)C(F)(F)C(F)(F)C(F)(F)C(F)(F)Cl. The zero-order valence-corrected chi connectivity index (χ0v) is 20.8. The van der Waals surface area contributed by atoms with Crippen LogP contribution in [0.15, 0.2) is 0 Å². The number of carbonyl (C=O) groups is 1. The highest BCUT2D eigenvalue weighted by Gasteiger charge is 2.95. The fraction of sp³-hybridized carbons (Fsp3) is 0.952. The fourth-order valence-corrected chi connectivity index (χ4v) is 4.93. The van der Waals surface area contributed by atoms with Crippen molar-refractivity contribution in [3.05, 3.63) is 0 Å². The van der Waals surface area contributed by atoms with E-state index in [1.54, 1.807) is 0 Å². The van der Waals surface area contributed by atoms with Crippen molar-refractivity contribution in [3.8, 4) is 0 Å². The second-order valence-corrected chi connectivity index (χ2v) is 10.3. The second-order valence-electron chi connectivity index (χ2n) is 9.81. The number of nitrogens with zero attached hydrogens (tertiary/aromatic N) is 1. The van der Waals surface area contributed by atoms with E-state index in [9.17, 15) is 75.0 Å². The Morgan fingerprint density at radius 2 is 0.750 bits per heavy atom. The van der Waals surface area contributed by atoms with Gasteiger partial charge >= 0.3 is 46.8 Å². The molecule has 0 atom stereocenters. The minimum Gasteiger partial charge on any atom is -0.331 e. The molecule has 0 unspecified atom stereocenters. The Morgan fingerprint density at radius 1 is 0.475 bits per heavy atom. The van der Waals surface area contributed by atoms with Crippen LogP contribution in [-0.4, -0.2) is 69.7 Å². The molecule has 40 heavy (non-hydrogen) atoms. The molecule has 2 saturated carbocycles. The predicted molar refractivity (Wildman–Crippen MR) is 106 cm³/mol. The van der Waals surface area contributed by atoms with Crippen molar-refractivity contribution in [1.82, 2.24) is 4.90 Å². The molecule has 236 valence electrons. The van der Waals surface area contributed by atoms with Gasteiger partial charge in [0, 0.05) is 12.1 Å². The third kappa shape index (κ3) is 5.09. The summed E-state index contributed by atoms with van der Waals surface area (Å²) in [6.07, 6.45) is 1.55. The van der Waals surface area contributed by atoms with Gasteiger partial charge in [-0.3, -0.25) is 4.79 Å². The molecule has 0 aromatic heterocycles. The summed E-state index contributed by atoms with van der Waals surface area (Å²) in [5.74, 6) is -59.8. The Labute approximate surface area is 221 Å². The highest BCUT2D eigenvalue weighted by molar-refractivity contribution is 6.22. The van der Waals surface area contributed by atoms with Gasteiger partial charge in [-0.25, -0.2) is 0 Å². The number of hydrogen-bond donors (Lipinski definition) is 0. The molecule has 0 saturated heterocycles. The van der Waals surface area contributed by atoms with Crippen LogP contribution in [0.5, 0.6) is 0 Å². The molecular weight excluding hydrogens is 622 g/mol. The molecule has 0 aliphatic heterocycles. The van der Waals surface area contributed by atoms with Crippen molar-refractivity contribution in [2.45, 2.75) is 123 Å². The quantitative estimate of drug-likeness (QED) is 0.172. The number of halogens is 17. The van der Waals surface area contributed by atoms with Gasteiger partial charge in [0.25, 0.3) is 5.91 Å². The third-order valence-corrected chi connectivity index (χ3v) is 7.40. The molecule has 1 amide bonds. The Hall–Kier alpha value is -1.36. The van der Waals surface area contributed by atoms with Crippen LogP contribution in [0, 0.1) is 0 Å². The van der Waals surface area contributed by atoms with Gasteiger partial charge in [0.05, 0.1) is 0 Å². The highest BCUT2D eigenvalue weighted by Crippen LogP contribution is 2.64. The van der Waals surface area contributed by atoms with Crippen molar-refractivity contribution in [2.75, 3.05) is 0 Å². The third-order valence-electron chi connectivity index (χ3n) is 7.16. The lowest BCUT2D eigenvalue weighted by Gasteiger charge is -2.46. The first-order valence-electron chi connectivity index (χ1n) is 11.8. The Balaban J connectivity index is 2.59. The first-order valence-corrected chi connectivity index (χ1v) is 12.2. The number of rotatable bonds is 10.